The summed E-state index contributed by atoms with van der Waals surface area (Å²) in [4.78, 5) is 26.2. The minimum atomic E-state index is -3.83. The van der Waals surface area contributed by atoms with Crippen molar-refractivity contribution >= 4 is 27.5 Å². The Bertz CT molecular complexity index is 1070. The third-order valence-electron chi connectivity index (χ3n) is 5.31. The van der Waals surface area contributed by atoms with Crippen LogP contribution < -0.4 is 9.62 Å². The van der Waals surface area contributed by atoms with E-state index >= 15 is 0 Å². The van der Waals surface area contributed by atoms with Gasteiger partial charge in [0.25, 0.3) is 15.9 Å². The number of fused-ring (bicyclic) bond motifs is 1. The molecule has 1 N–H and O–H groups in total. The van der Waals surface area contributed by atoms with Crippen LogP contribution in [0.1, 0.15) is 28.8 Å². The number of benzene rings is 2. The largest absolute Gasteiger partial charge is 0.385 e. The van der Waals surface area contributed by atoms with Gasteiger partial charge in [-0.3, -0.25) is 13.9 Å². The topological polar surface area (TPSA) is 96.0 Å². The second-order valence-electron chi connectivity index (χ2n) is 7.69. The van der Waals surface area contributed by atoms with Gasteiger partial charge in [0, 0.05) is 39.4 Å². The minimum absolute atomic E-state index is 0.0532. The number of rotatable bonds is 9. The van der Waals surface area contributed by atoms with E-state index in [1.807, 2.05) is 18.2 Å². The van der Waals surface area contributed by atoms with Gasteiger partial charge in [-0.25, -0.2) is 8.42 Å². The van der Waals surface area contributed by atoms with Crippen molar-refractivity contribution < 1.29 is 22.7 Å². The summed E-state index contributed by atoms with van der Waals surface area (Å²) in [7, 11) is -0.723. The predicted molar refractivity (Wildman–Crippen MR) is 122 cm³/mol. The van der Waals surface area contributed by atoms with Crippen LogP contribution in [0.15, 0.2) is 53.4 Å². The van der Waals surface area contributed by atoms with Gasteiger partial charge in [0.05, 0.1) is 17.1 Å². The molecule has 1 heterocycles. The van der Waals surface area contributed by atoms with Crippen molar-refractivity contribution in [2.24, 2.45) is 0 Å². The molecule has 3 rings (SSSR count). The molecule has 1 aliphatic rings. The SMILES string of the molecule is COCCCNC(=O)CN(C)C(=O)c1cccc(S(=O)(=O)N2CCCc3ccccc32)c1. The van der Waals surface area contributed by atoms with Gasteiger partial charge in [0.2, 0.25) is 5.91 Å². The van der Waals surface area contributed by atoms with Crippen LogP contribution in [0.2, 0.25) is 0 Å². The maximum atomic E-state index is 13.4. The van der Waals surface area contributed by atoms with Crippen molar-refractivity contribution in [3.8, 4) is 0 Å². The maximum Gasteiger partial charge on any atom is 0.264 e. The summed E-state index contributed by atoms with van der Waals surface area (Å²) in [5, 5.41) is 2.73. The van der Waals surface area contributed by atoms with Gasteiger partial charge in [-0.1, -0.05) is 24.3 Å². The average molecular weight is 460 g/mol. The van der Waals surface area contributed by atoms with E-state index in [0.717, 1.165) is 18.4 Å². The number of carbonyl (C=O) groups is 2. The molecule has 0 bridgehead atoms. The van der Waals surface area contributed by atoms with E-state index in [1.54, 1.807) is 25.3 Å². The third-order valence-corrected chi connectivity index (χ3v) is 7.12. The maximum absolute atomic E-state index is 13.4. The molecule has 0 aromatic heterocycles. The zero-order valence-electron chi connectivity index (χ0n) is 18.4. The monoisotopic (exact) mass is 459 g/mol. The number of nitrogens with zero attached hydrogens (tertiary/aromatic N) is 2. The summed E-state index contributed by atoms with van der Waals surface area (Å²) in [5.41, 5.74) is 1.88. The van der Waals surface area contributed by atoms with Crippen molar-refractivity contribution in [3.05, 3.63) is 59.7 Å². The number of methoxy groups -OCH3 is 1. The number of aryl methyl sites for hydroxylation is 1. The van der Waals surface area contributed by atoms with E-state index in [-0.39, 0.29) is 22.9 Å². The van der Waals surface area contributed by atoms with Gasteiger partial charge in [-0.2, -0.15) is 0 Å². The summed E-state index contributed by atoms with van der Waals surface area (Å²) in [5.74, 6) is -0.709. The highest BCUT2D eigenvalue weighted by molar-refractivity contribution is 7.92. The number of sulfonamides is 1. The zero-order valence-corrected chi connectivity index (χ0v) is 19.2. The quantitative estimate of drug-likeness (QED) is 0.579. The number of ether oxygens (including phenoxy) is 1. The molecular weight excluding hydrogens is 430 g/mol. The Morgan fingerprint density at radius 2 is 1.94 bits per heavy atom. The van der Waals surface area contributed by atoms with E-state index in [1.165, 1.54) is 28.4 Å². The van der Waals surface area contributed by atoms with E-state index in [9.17, 15) is 18.0 Å². The highest BCUT2D eigenvalue weighted by Crippen LogP contribution is 2.32. The molecule has 0 radical (unpaired) electrons. The lowest BCUT2D eigenvalue weighted by molar-refractivity contribution is -0.121. The molecule has 2 aromatic rings. The third kappa shape index (κ3) is 5.46. The Balaban J connectivity index is 1.74. The number of hydrogen-bond acceptors (Lipinski definition) is 5. The number of amides is 2. The fourth-order valence-corrected chi connectivity index (χ4v) is 5.26. The van der Waals surface area contributed by atoms with Crippen LogP contribution >= 0.6 is 0 Å². The molecule has 0 fully saturated rings. The molecule has 8 nitrogen and oxygen atoms in total. The van der Waals surface area contributed by atoms with Crippen LogP contribution in [-0.4, -0.2) is 65.5 Å². The van der Waals surface area contributed by atoms with Crippen LogP contribution in [0.3, 0.4) is 0 Å². The number of anilines is 1. The number of hydrogen-bond donors (Lipinski definition) is 1. The van der Waals surface area contributed by atoms with Crippen LogP contribution in [0.5, 0.6) is 0 Å². The molecule has 0 saturated carbocycles. The number of likely N-dealkylation sites (N-methyl/N-ethyl adjacent to an activating group) is 1. The molecule has 0 aliphatic carbocycles. The molecule has 32 heavy (non-hydrogen) atoms. The fraction of sp³-hybridized carbons (Fsp3) is 0.391. The van der Waals surface area contributed by atoms with Gasteiger partial charge in [-0.05, 0) is 49.1 Å². The molecular formula is C23H29N3O5S. The average Bonchev–Trinajstić information content (AvgIpc) is 2.81. The molecule has 2 amide bonds. The summed E-state index contributed by atoms with van der Waals surface area (Å²) < 4.78 is 33.1. The molecule has 172 valence electrons. The molecule has 2 aromatic carbocycles. The summed E-state index contributed by atoms with van der Waals surface area (Å²) in [6.45, 7) is 1.26. The summed E-state index contributed by atoms with van der Waals surface area (Å²) in [6, 6.07) is 13.4. The van der Waals surface area contributed by atoms with E-state index in [4.69, 9.17) is 4.74 Å². The molecule has 0 spiro atoms. The van der Waals surface area contributed by atoms with E-state index < -0.39 is 15.9 Å². The smallest absolute Gasteiger partial charge is 0.264 e. The van der Waals surface area contributed by atoms with E-state index in [2.05, 4.69) is 5.32 Å². The Labute approximate surface area is 189 Å². The first kappa shape index (κ1) is 23.7. The minimum Gasteiger partial charge on any atom is -0.385 e. The fourth-order valence-electron chi connectivity index (χ4n) is 3.67. The second kappa shape index (κ2) is 10.6. The number of carbonyl (C=O) groups excluding carboxylic acids is 2. The lowest BCUT2D eigenvalue weighted by Gasteiger charge is -2.30. The number of nitrogens with one attached hydrogen (secondary N) is 1. The van der Waals surface area contributed by atoms with Crippen molar-refractivity contribution in [3.63, 3.8) is 0 Å². The van der Waals surface area contributed by atoms with Crippen LogP contribution in [0, 0.1) is 0 Å². The van der Waals surface area contributed by atoms with Gasteiger partial charge in [0.1, 0.15) is 0 Å². The van der Waals surface area contributed by atoms with Crippen molar-refractivity contribution in [1.29, 1.82) is 0 Å². The zero-order chi connectivity index (χ0) is 23.1. The predicted octanol–water partition coefficient (Wildman–Crippen LogP) is 2.05. The molecule has 0 atom stereocenters. The molecule has 0 unspecified atom stereocenters. The number of para-hydroxylation sites is 1. The molecule has 9 heteroatoms. The normalized spacial score (nSPS) is 13.4. The Morgan fingerprint density at radius 3 is 2.72 bits per heavy atom. The molecule has 0 saturated heterocycles. The van der Waals surface area contributed by atoms with Crippen molar-refractivity contribution in [2.75, 3.05) is 44.7 Å². The van der Waals surface area contributed by atoms with Gasteiger partial charge in [-0.15, -0.1) is 0 Å². The second-order valence-corrected chi connectivity index (χ2v) is 9.56. The van der Waals surface area contributed by atoms with Gasteiger partial charge in [0.15, 0.2) is 0 Å². The lowest BCUT2D eigenvalue weighted by atomic mass is 10.0. The van der Waals surface area contributed by atoms with E-state index in [0.29, 0.717) is 31.8 Å². The summed E-state index contributed by atoms with van der Waals surface area (Å²) in [6.07, 6.45) is 2.25. The Morgan fingerprint density at radius 1 is 1.16 bits per heavy atom. The van der Waals surface area contributed by atoms with Crippen LogP contribution in [-0.2, 0) is 26.0 Å². The lowest BCUT2D eigenvalue weighted by Crippen LogP contribution is -2.39. The Hall–Kier alpha value is -2.91. The first-order chi connectivity index (χ1) is 15.3. The standard InChI is InChI=1S/C23H29N3O5S/c1-25(17-22(27)24-13-7-15-31-2)23(28)19-9-5-11-20(16-19)32(29,30)26-14-6-10-18-8-3-4-12-21(18)26/h3-5,8-9,11-12,16H,6-7,10,13-15,17H2,1-2H3,(H,24,27). The highest BCUT2D eigenvalue weighted by atomic mass is 32.2. The van der Waals surface area contributed by atoms with Crippen LogP contribution in [0.4, 0.5) is 5.69 Å². The first-order valence-electron chi connectivity index (χ1n) is 10.6. The van der Waals surface area contributed by atoms with Gasteiger partial charge < -0.3 is 15.0 Å². The van der Waals surface area contributed by atoms with Crippen molar-refractivity contribution in [1.82, 2.24) is 10.2 Å². The van der Waals surface area contributed by atoms with Crippen LogP contribution in [0.25, 0.3) is 0 Å². The Kier molecular flexibility index (Phi) is 7.87. The van der Waals surface area contributed by atoms with Crippen molar-refractivity contribution in [2.45, 2.75) is 24.2 Å². The van der Waals surface area contributed by atoms with Gasteiger partial charge >= 0.3 is 0 Å². The molecule has 1 aliphatic heterocycles. The summed E-state index contributed by atoms with van der Waals surface area (Å²) >= 11 is 0. The first-order valence-corrected chi connectivity index (χ1v) is 12.0. The highest BCUT2D eigenvalue weighted by Gasteiger charge is 2.29.